The van der Waals surface area contributed by atoms with Crippen LogP contribution in [-0.4, -0.2) is 11.8 Å². The molecule has 0 N–H and O–H groups in total. The molecule has 0 saturated heterocycles. The van der Waals surface area contributed by atoms with E-state index in [9.17, 15) is 9.59 Å². The number of imide groups is 1. The molecule has 5 heteroatoms. The van der Waals surface area contributed by atoms with Gasteiger partial charge in [0.1, 0.15) is 5.76 Å². The number of para-hydroxylation sites is 1. The largest absolute Gasteiger partial charge is 0.468 e. The molecule has 2 aromatic carbocycles. The van der Waals surface area contributed by atoms with Gasteiger partial charge in [-0.25, -0.2) is 4.90 Å². The van der Waals surface area contributed by atoms with Crippen molar-refractivity contribution in [2.24, 2.45) is 0 Å². The molecule has 0 spiro atoms. The summed E-state index contributed by atoms with van der Waals surface area (Å²) in [5.41, 5.74) is 4.96. The van der Waals surface area contributed by atoms with Gasteiger partial charge in [0.05, 0.1) is 28.2 Å². The molecule has 0 atom stereocenters. The number of benzene rings is 2. The molecule has 1 aliphatic rings. The van der Waals surface area contributed by atoms with Crippen LogP contribution >= 0.6 is 11.8 Å². The normalized spacial score (nSPS) is 14.2. The number of hydrogen-bond acceptors (Lipinski definition) is 4. The summed E-state index contributed by atoms with van der Waals surface area (Å²) < 4.78 is 5.41. The van der Waals surface area contributed by atoms with Gasteiger partial charge in [0.15, 0.2) is 0 Å². The summed E-state index contributed by atoms with van der Waals surface area (Å²) >= 11 is 1.34. The highest BCUT2D eigenvalue weighted by atomic mass is 32.2. The van der Waals surface area contributed by atoms with Crippen LogP contribution in [0.1, 0.15) is 28.0 Å². The lowest BCUT2D eigenvalue weighted by atomic mass is 10.0. The van der Waals surface area contributed by atoms with E-state index in [1.54, 1.807) is 6.26 Å². The molecule has 4 rings (SSSR count). The van der Waals surface area contributed by atoms with Crippen LogP contribution in [0.5, 0.6) is 0 Å². The third kappa shape index (κ3) is 3.54. The first-order chi connectivity index (χ1) is 14.0. The number of carbonyl (C=O) groups is 2. The SMILES string of the molecule is Cc1ccc(C2=C(SCc3ccco3)C(=O)N(c3ccccc3C)C2=O)cc1C. The summed E-state index contributed by atoms with van der Waals surface area (Å²) in [6.07, 6.45) is 1.61. The van der Waals surface area contributed by atoms with Crippen molar-refractivity contribution in [3.63, 3.8) is 0 Å². The van der Waals surface area contributed by atoms with Gasteiger partial charge in [-0.3, -0.25) is 9.59 Å². The summed E-state index contributed by atoms with van der Waals surface area (Å²) in [5.74, 6) is 0.678. The zero-order valence-electron chi connectivity index (χ0n) is 16.6. The Morgan fingerprint density at radius 2 is 1.66 bits per heavy atom. The second-order valence-corrected chi connectivity index (χ2v) is 8.09. The lowest BCUT2D eigenvalue weighted by Crippen LogP contribution is -2.31. The summed E-state index contributed by atoms with van der Waals surface area (Å²) in [5, 5.41) is 0. The standard InChI is InChI=1S/C24H21NO3S/c1-15-10-11-18(13-17(15)3)21-22(29-14-19-8-6-12-28-19)24(27)25(23(21)26)20-9-5-4-7-16(20)2/h4-13H,14H2,1-3H3. The Morgan fingerprint density at radius 1 is 0.862 bits per heavy atom. The van der Waals surface area contributed by atoms with E-state index in [-0.39, 0.29) is 11.8 Å². The monoisotopic (exact) mass is 403 g/mol. The number of furan rings is 1. The smallest absolute Gasteiger partial charge is 0.272 e. The Labute approximate surface area is 174 Å². The van der Waals surface area contributed by atoms with Gasteiger partial charge in [-0.15, -0.1) is 11.8 Å². The Morgan fingerprint density at radius 3 is 2.34 bits per heavy atom. The van der Waals surface area contributed by atoms with Crippen LogP contribution < -0.4 is 4.90 Å². The molecule has 1 aromatic heterocycles. The number of carbonyl (C=O) groups excluding carboxylic acids is 2. The highest BCUT2D eigenvalue weighted by molar-refractivity contribution is 8.03. The Kier molecular flexibility index (Phi) is 5.16. The maximum absolute atomic E-state index is 13.4. The number of anilines is 1. The first kappa shape index (κ1) is 19.3. The van der Waals surface area contributed by atoms with Gasteiger partial charge < -0.3 is 4.42 Å². The van der Waals surface area contributed by atoms with E-state index in [1.165, 1.54) is 16.7 Å². The summed E-state index contributed by atoms with van der Waals surface area (Å²) in [6, 6.07) is 17.0. The summed E-state index contributed by atoms with van der Waals surface area (Å²) in [6.45, 7) is 5.94. The van der Waals surface area contributed by atoms with Gasteiger partial charge in [0.25, 0.3) is 11.8 Å². The molecule has 0 saturated carbocycles. The van der Waals surface area contributed by atoms with Crippen LogP contribution in [0.25, 0.3) is 5.57 Å². The Bertz CT molecular complexity index is 1130. The van der Waals surface area contributed by atoms with Crippen molar-refractivity contribution in [2.45, 2.75) is 26.5 Å². The fraction of sp³-hybridized carbons (Fsp3) is 0.167. The summed E-state index contributed by atoms with van der Waals surface area (Å²) in [7, 11) is 0. The van der Waals surface area contributed by atoms with E-state index in [0.29, 0.717) is 21.9 Å². The molecule has 1 aliphatic heterocycles. The van der Waals surface area contributed by atoms with Gasteiger partial charge in [-0.1, -0.05) is 36.4 Å². The molecule has 3 aromatic rings. The average Bonchev–Trinajstić information content (AvgIpc) is 3.30. The highest BCUT2D eigenvalue weighted by Crippen LogP contribution is 2.40. The fourth-order valence-corrected chi connectivity index (χ4v) is 4.38. The van der Waals surface area contributed by atoms with Crippen molar-refractivity contribution < 1.29 is 14.0 Å². The quantitative estimate of drug-likeness (QED) is 0.534. The van der Waals surface area contributed by atoms with E-state index in [4.69, 9.17) is 4.42 Å². The van der Waals surface area contributed by atoms with Gasteiger partial charge >= 0.3 is 0 Å². The van der Waals surface area contributed by atoms with Crippen molar-refractivity contribution in [1.82, 2.24) is 0 Å². The zero-order chi connectivity index (χ0) is 20.5. The maximum Gasteiger partial charge on any atom is 0.272 e. The lowest BCUT2D eigenvalue weighted by molar-refractivity contribution is -0.119. The van der Waals surface area contributed by atoms with E-state index in [0.717, 1.165) is 28.0 Å². The average molecular weight is 404 g/mol. The number of nitrogens with zero attached hydrogens (tertiary/aromatic N) is 1. The topological polar surface area (TPSA) is 50.5 Å². The first-order valence-corrected chi connectivity index (χ1v) is 10.4. The maximum atomic E-state index is 13.4. The van der Waals surface area contributed by atoms with E-state index >= 15 is 0 Å². The van der Waals surface area contributed by atoms with E-state index in [2.05, 4.69) is 0 Å². The molecule has 0 bridgehead atoms. The molecule has 0 radical (unpaired) electrons. The lowest BCUT2D eigenvalue weighted by Gasteiger charge is -2.17. The van der Waals surface area contributed by atoms with Gasteiger partial charge in [0, 0.05) is 0 Å². The van der Waals surface area contributed by atoms with Crippen LogP contribution in [0.4, 0.5) is 5.69 Å². The van der Waals surface area contributed by atoms with Crippen LogP contribution in [0.2, 0.25) is 0 Å². The van der Waals surface area contributed by atoms with Crippen LogP contribution in [0, 0.1) is 20.8 Å². The zero-order valence-corrected chi connectivity index (χ0v) is 17.4. The molecule has 0 fully saturated rings. The fourth-order valence-electron chi connectivity index (χ4n) is 3.37. The van der Waals surface area contributed by atoms with Crippen LogP contribution in [-0.2, 0) is 15.3 Å². The van der Waals surface area contributed by atoms with Crippen LogP contribution in [0.15, 0.2) is 70.2 Å². The highest BCUT2D eigenvalue weighted by Gasteiger charge is 2.40. The number of amides is 2. The van der Waals surface area contributed by atoms with E-state index in [1.807, 2.05) is 75.4 Å². The molecular formula is C24H21NO3S. The van der Waals surface area contributed by atoms with Crippen molar-refractivity contribution in [3.8, 4) is 0 Å². The van der Waals surface area contributed by atoms with E-state index < -0.39 is 0 Å². The van der Waals surface area contributed by atoms with Crippen LogP contribution in [0.3, 0.4) is 0 Å². The molecular weight excluding hydrogens is 382 g/mol. The van der Waals surface area contributed by atoms with Gasteiger partial charge in [0.2, 0.25) is 0 Å². The molecule has 0 aliphatic carbocycles. The molecule has 29 heavy (non-hydrogen) atoms. The minimum absolute atomic E-state index is 0.283. The van der Waals surface area contributed by atoms with Crippen molar-refractivity contribution in [3.05, 3.63) is 93.8 Å². The van der Waals surface area contributed by atoms with Crippen molar-refractivity contribution in [1.29, 1.82) is 0 Å². The van der Waals surface area contributed by atoms with Crippen molar-refractivity contribution in [2.75, 3.05) is 4.90 Å². The molecule has 146 valence electrons. The third-order valence-electron chi connectivity index (χ3n) is 5.13. The predicted octanol–water partition coefficient (Wildman–Crippen LogP) is 5.42. The van der Waals surface area contributed by atoms with Crippen molar-refractivity contribution >= 4 is 34.8 Å². The second-order valence-electron chi connectivity index (χ2n) is 7.10. The molecule has 2 heterocycles. The second kappa shape index (κ2) is 7.76. The summed E-state index contributed by atoms with van der Waals surface area (Å²) in [4.78, 5) is 28.6. The van der Waals surface area contributed by atoms with Gasteiger partial charge in [-0.05, 0) is 61.2 Å². The number of rotatable bonds is 5. The Hall–Kier alpha value is -3.05. The minimum atomic E-state index is -0.283. The number of hydrogen-bond donors (Lipinski definition) is 0. The van der Waals surface area contributed by atoms with Gasteiger partial charge in [-0.2, -0.15) is 0 Å². The molecule has 2 amide bonds. The first-order valence-electron chi connectivity index (χ1n) is 9.39. The minimum Gasteiger partial charge on any atom is -0.468 e. The Balaban J connectivity index is 1.80. The molecule has 0 unspecified atom stereocenters. The number of thioether (sulfide) groups is 1. The number of aryl methyl sites for hydroxylation is 3. The predicted molar refractivity (Wildman–Crippen MR) is 117 cm³/mol. The third-order valence-corrected chi connectivity index (χ3v) is 6.23. The molecule has 4 nitrogen and oxygen atoms in total.